The summed E-state index contributed by atoms with van der Waals surface area (Å²) < 4.78 is 33.4. The first-order valence-corrected chi connectivity index (χ1v) is 16.9. The Hall–Kier alpha value is -3.05. The van der Waals surface area contributed by atoms with Gasteiger partial charge in [0.25, 0.3) is 0 Å². The number of hydrogen-bond acceptors (Lipinski definition) is 6. The molecule has 0 saturated carbocycles. The van der Waals surface area contributed by atoms with E-state index in [0.29, 0.717) is 32.3 Å². The van der Waals surface area contributed by atoms with Crippen molar-refractivity contribution in [1.29, 1.82) is 0 Å². The van der Waals surface area contributed by atoms with Crippen LogP contribution >= 0.6 is 0 Å². The molecule has 9 nitrogen and oxygen atoms in total. The molecule has 1 aliphatic heterocycles. The Morgan fingerprint density at radius 2 is 1.72 bits per heavy atom. The molecule has 0 aliphatic carbocycles. The number of benzene rings is 2. The summed E-state index contributed by atoms with van der Waals surface area (Å²) in [6.45, 7) is 6.41. The zero-order chi connectivity index (χ0) is 31.1. The van der Waals surface area contributed by atoms with Crippen LogP contribution in [0, 0.1) is 17.8 Å². The van der Waals surface area contributed by atoms with Gasteiger partial charge in [-0.2, -0.15) is 0 Å². The molecule has 2 amide bonds. The number of carbonyl (C=O) groups excluding carboxylic acids is 2. The maximum absolute atomic E-state index is 14.0. The van der Waals surface area contributed by atoms with Gasteiger partial charge < -0.3 is 4.74 Å². The number of carbonyl (C=O) groups is 2. The molecule has 1 heterocycles. The van der Waals surface area contributed by atoms with Crippen molar-refractivity contribution in [2.75, 3.05) is 12.4 Å². The highest BCUT2D eigenvalue weighted by molar-refractivity contribution is 7.89. The van der Waals surface area contributed by atoms with E-state index in [-0.39, 0.29) is 24.6 Å². The van der Waals surface area contributed by atoms with Crippen molar-refractivity contribution in [1.82, 2.24) is 15.3 Å². The first-order valence-electron chi connectivity index (χ1n) is 15.3. The number of hydroxylamine groups is 1. The molecule has 43 heavy (non-hydrogen) atoms. The van der Waals surface area contributed by atoms with E-state index in [1.54, 1.807) is 0 Å². The van der Waals surface area contributed by atoms with E-state index < -0.39 is 40.0 Å². The molecule has 1 saturated heterocycles. The van der Waals surface area contributed by atoms with E-state index in [4.69, 9.17) is 9.57 Å². The predicted molar refractivity (Wildman–Crippen MR) is 168 cm³/mol. The molecular weight excluding hydrogens is 566 g/mol. The minimum Gasteiger partial charge on any atom is -0.350 e. The average Bonchev–Trinajstić information content (AvgIpc) is 3.01. The second-order valence-corrected chi connectivity index (χ2v) is 13.4. The molecule has 3 atom stereocenters. The number of hydrogen-bond donors (Lipinski definition) is 2. The Labute approximate surface area is 257 Å². The molecular formula is C33H47N3O6S. The van der Waals surface area contributed by atoms with Gasteiger partial charge in [0.15, 0.2) is 6.29 Å². The standard InChI is InChI=1S/C33H47N3O6S/c1-4-5-23-43(39,40)36(25-28-17-10-7-11-18-28)34-32(37)30(24-26(2)3)29(20-14-19-27-15-8-6-9-16-27)33(38)35-42-31-21-12-13-22-41-31/h6-11,14-19,26,29-31H,4-5,12-13,20-25H2,1-3H3,(H,34,37)(H,35,38)/b19-14+/t29-,30+,31?/m0/s1. The van der Waals surface area contributed by atoms with Crippen molar-refractivity contribution >= 4 is 27.9 Å². The van der Waals surface area contributed by atoms with Gasteiger partial charge in [0.2, 0.25) is 21.8 Å². The summed E-state index contributed by atoms with van der Waals surface area (Å²) >= 11 is 0. The fourth-order valence-corrected chi connectivity index (χ4v) is 6.38. The van der Waals surface area contributed by atoms with Crippen LogP contribution in [-0.2, 0) is 35.7 Å². The molecule has 3 rings (SSSR count). The Kier molecular flexibility index (Phi) is 14.4. The van der Waals surface area contributed by atoms with Crippen LogP contribution in [0.1, 0.15) is 76.8 Å². The second-order valence-electron chi connectivity index (χ2n) is 11.4. The maximum Gasteiger partial charge on any atom is 0.247 e. The van der Waals surface area contributed by atoms with Crippen molar-refractivity contribution in [3.8, 4) is 0 Å². The molecule has 0 spiro atoms. The minimum atomic E-state index is -3.82. The number of hydrazine groups is 1. The van der Waals surface area contributed by atoms with E-state index >= 15 is 0 Å². The van der Waals surface area contributed by atoms with Gasteiger partial charge in [-0.25, -0.2) is 18.7 Å². The van der Waals surface area contributed by atoms with Crippen LogP contribution in [-0.4, -0.2) is 43.3 Å². The van der Waals surface area contributed by atoms with E-state index in [1.807, 2.05) is 93.6 Å². The van der Waals surface area contributed by atoms with Crippen molar-refractivity contribution < 1.29 is 27.6 Å². The molecule has 2 N–H and O–H groups in total. The van der Waals surface area contributed by atoms with Crippen LogP contribution in [0.3, 0.4) is 0 Å². The Morgan fingerprint density at radius 1 is 1.02 bits per heavy atom. The lowest BCUT2D eigenvalue weighted by molar-refractivity contribution is -0.203. The molecule has 10 heteroatoms. The summed E-state index contributed by atoms with van der Waals surface area (Å²) in [5.41, 5.74) is 6.96. The lowest BCUT2D eigenvalue weighted by atomic mass is 9.82. The summed E-state index contributed by atoms with van der Waals surface area (Å²) in [5.74, 6) is -2.64. The van der Waals surface area contributed by atoms with Gasteiger partial charge in [-0.15, -0.1) is 4.41 Å². The monoisotopic (exact) mass is 613 g/mol. The maximum atomic E-state index is 14.0. The molecule has 0 aromatic heterocycles. The predicted octanol–water partition coefficient (Wildman–Crippen LogP) is 5.61. The molecule has 1 fully saturated rings. The van der Waals surface area contributed by atoms with Gasteiger partial charge in [0.1, 0.15) is 0 Å². The number of amides is 2. The van der Waals surface area contributed by atoms with Gasteiger partial charge in [-0.05, 0) is 49.1 Å². The molecule has 0 bridgehead atoms. The molecule has 2 aromatic rings. The molecule has 0 radical (unpaired) electrons. The third-order valence-corrected chi connectivity index (χ3v) is 9.01. The number of ether oxygens (including phenoxy) is 1. The quantitative estimate of drug-likeness (QED) is 0.224. The van der Waals surface area contributed by atoms with Crippen LogP contribution in [0.5, 0.6) is 0 Å². The first kappa shape index (κ1) is 34.4. The highest BCUT2D eigenvalue weighted by Crippen LogP contribution is 2.27. The lowest BCUT2D eigenvalue weighted by Gasteiger charge is -2.30. The van der Waals surface area contributed by atoms with Crippen LogP contribution in [0.15, 0.2) is 66.7 Å². The minimum absolute atomic E-state index is 0.0140. The Morgan fingerprint density at radius 3 is 2.35 bits per heavy atom. The SMILES string of the molecule is CCCCS(=O)(=O)N(Cc1ccccc1)NC(=O)[C@H](CC(C)C)[C@H](C/C=C/c1ccccc1)C(=O)NOC1CCCCO1. The number of sulfonamides is 1. The number of nitrogens with one attached hydrogen (secondary N) is 2. The summed E-state index contributed by atoms with van der Waals surface area (Å²) in [5, 5.41) is 0. The molecule has 2 aromatic carbocycles. The summed E-state index contributed by atoms with van der Waals surface area (Å²) in [7, 11) is -3.82. The highest BCUT2D eigenvalue weighted by atomic mass is 32.2. The number of allylic oxidation sites excluding steroid dienone is 1. The van der Waals surface area contributed by atoms with Gasteiger partial charge in [0, 0.05) is 13.0 Å². The number of rotatable bonds is 17. The fraction of sp³-hybridized carbons (Fsp3) is 0.515. The van der Waals surface area contributed by atoms with Gasteiger partial charge in [-0.3, -0.25) is 15.0 Å². The van der Waals surface area contributed by atoms with Crippen molar-refractivity contribution in [3.63, 3.8) is 0 Å². The van der Waals surface area contributed by atoms with E-state index in [0.717, 1.165) is 28.4 Å². The summed E-state index contributed by atoms with van der Waals surface area (Å²) in [4.78, 5) is 33.2. The smallest absolute Gasteiger partial charge is 0.247 e. The molecule has 236 valence electrons. The number of nitrogens with zero attached hydrogens (tertiary/aromatic N) is 1. The average molecular weight is 614 g/mol. The Balaban J connectivity index is 1.87. The van der Waals surface area contributed by atoms with Crippen LogP contribution in [0.2, 0.25) is 0 Å². The van der Waals surface area contributed by atoms with Gasteiger partial charge in [0.05, 0.1) is 24.1 Å². The van der Waals surface area contributed by atoms with Crippen LogP contribution < -0.4 is 10.9 Å². The van der Waals surface area contributed by atoms with Gasteiger partial charge >= 0.3 is 0 Å². The zero-order valence-corrected chi connectivity index (χ0v) is 26.4. The van der Waals surface area contributed by atoms with Crippen molar-refractivity contribution in [2.45, 2.75) is 78.6 Å². The fourth-order valence-electron chi connectivity index (χ4n) is 4.93. The highest BCUT2D eigenvalue weighted by Gasteiger charge is 2.36. The zero-order valence-electron chi connectivity index (χ0n) is 25.6. The first-order chi connectivity index (χ1) is 20.7. The summed E-state index contributed by atoms with van der Waals surface area (Å²) in [6, 6.07) is 18.8. The van der Waals surface area contributed by atoms with Crippen LogP contribution in [0.25, 0.3) is 6.08 Å². The van der Waals surface area contributed by atoms with Crippen molar-refractivity contribution in [3.05, 3.63) is 77.9 Å². The molecule has 1 aliphatic rings. The molecule has 1 unspecified atom stereocenters. The Bertz CT molecular complexity index is 1250. The topological polar surface area (TPSA) is 114 Å². The van der Waals surface area contributed by atoms with Crippen LogP contribution in [0.4, 0.5) is 0 Å². The number of unbranched alkanes of at least 4 members (excludes halogenated alkanes) is 1. The summed E-state index contributed by atoms with van der Waals surface area (Å²) in [6.07, 6.45) is 7.57. The van der Waals surface area contributed by atoms with E-state index in [1.165, 1.54) is 0 Å². The van der Waals surface area contributed by atoms with E-state index in [2.05, 4.69) is 10.9 Å². The van der Waals surface area contributed by atoms with Gasteiger partial charge in [-0.1, -0.05) is 100 Å². The normalized spacial score (nSPS) is 17.2. The third kappa shape index (κ3) is 11.9. The van der Waals surface area contributed by atoms with E-state index in [9.17, 15) is 18.0 Å². The third-order valence-electron chi connectivity index (χ3n) is 7.31. The largest absolute Gasteiger partial charge is 0.350 e. The second kappa shape index (κ2) is 17.9. The van der Waals surface area contributed by atoms with Crippen molar-refractivity contribution in [2.24, 2.45) is 17.8 Å². The lowest BCUT2D eigenvalue weighted by Crippen LogP contribution is -2.51.